The van der Waals surface area contributed by atoms with Gasteiger partial charge in [-0.05, 0) is 29.3 Å². The van der Waals surface area contributed by atoms with Crippen LogP contribution in [0.15, 0.2) is 52.9 Å². The highest BCUT2D eigenvalue weighted by Gasteiger charge is 2.04. The Morgan fingerprint density at radius 1 is 0.864 bits per heavy atom. The van der Waals surface area contributed by atoms with Crippen molar-refractivity contribution in [2.24, 2.45) is 0 Å². The Balaban J connectivity index is 1.73. The van der Waals surface area contributed by atoms with Crippen LogP contribution in [0.5, 0.6) is 0 Å². The molecule has 0 aliphatic heterocycles. The lowest BCUT2D eigenvalue weighted by Gasteiger charge is -2.05. The van der Waals surface area contributed by atoms with Crippen molar-refractivity contribution in [3.63, 3.8) is 0 Å². The Morgan fingerprint density at radius 3 is 1.95 bits per heavy atom. The van der Waals surface area contributed by atoms with Crippen molar-refractivity contribution in [2.75, 3.05) is 7.05 Å². The van der Waals surface area contributed by atoms with Crippen molar-refractivity contribution in [2.45, 2.75) is 19.9 Å². The average molecular weight is 293 g/mol. The molecule has 0 aliphatic carbocycles. The predicted molar refractivity (Wildman–Crippen MR) is 86.5 cm³/mol. The first-order valence-corrected chi connectivity index (χ1v) is 7.36. The van der Waals surface area contributed by atoms with Crippen LogP contribution in [-0.2, 0) is 13.0 Å². The first-order valence-electron chi connectivity index (χ1n) is 7.36. The molecule has 4 nitrogen and oxygen atoms in total. The summed E-state index contributed by atoms with van der Waals surface area (Å²) in [7, 11) is 1.96. The van der Waals surface area contributed by atoms with E-state index >= 15 is 0 Å². The number of aryl methyl sites for hydroxylation is 1. The first-order chi connectivity index (χ1) is 10.7. The molecule has 2 aromatic carbocycles. The zero-order valence-corrected chi connectivity index (χ0v) is 12.8. The summed E-state index contributed by atoms with van der Waals surface area (Å²) in [4.78, 5) is 0. The number of rotatable bonds is 5. The molecule has 0 spiro atoms. The van der Waals surface area contributed by atoms with Crippen LogP contribution in [0.2, 0.25) is 0 Å². The van der Waals surface area contributed by atoms with Gasteiger partial charge in [-0.3, -0.25) is 0 Å². The second kappa shape index (κ2) is 6.54. The zero-order valence-electron chi connectivity index (χ0n) is 12.8. The Kier molecular flexibility index (Phi) is 4.30. The van der Waals surface area contributed by atoms with Crippen molar-refractivity contribution in [1.29, 1.82) is 0 Å². The molecule has 1 heterocycles. The number of hydrogen-bond donors (Lipinski definition) is 1. The van der Waals surface area contributed by atoms with Crippen molar-refractivity contribution in [3.05, 3.63) is 71.4 Å². The smallest absolute Gasteiger partial charge is 0.220 e. The molecule has 4 heteroatoms. The standard InChI is InChI=1S/C18H19N3O/c1-13-20-21-18(22-13)11-14-3-7-16(8-4-14)17-9-5-15(6-10-17)12-19-2/h3-10,19H,11-12H2,1-2H3. The van der Waals surface area contributed by atoms with Crippen molar-refractivity contribution in [3.8, 4) is 11.1 Å². The highest BCUT2D eigenvalue weighted by atomic mass is 16.4. The highest BCUT2D eigenvalue weighted by Crippen LogP contribution is 2.21. The van der Waals surface area contributed by atoms with Gasteiger partial charge in [0.05, 0.1) is 6.42 Å². The van der Waals surface area contributed by atoms with Gasteiger partial charge < -0.3 is 9.73 Å². The molecule has 0 atom stereocenters. The molecule has 1 N–H and O–H groups in total. The third-order valence-electron chi connectivity index (χ3n) is 3.55. The van der Waals surface area contributed by atoms with Crippen LogP contribution >= 0.6 is 0 Å². The van der Waals surface area contributed by atoms with Crippen molar-refractivity contribution < 1.29 is 4.42 Å². The summed E-state index contributed by atoms with van der Waals surface area (Å²) in [6, 6.07) is 17.1. The number of nitrogens with zero attached hydrogens (tertiary/aromatic N) is 2. The first kappa shape index (κ1) is 14.5. The quantitative estimate of drug-likeness (QED) is 0.783. The van der Waals surface area contributed by atoms with Gasteiger partial charge in [0, 0.05) is 13.5 Å². The van der Waals surface area contributed by atoms with Gasteiger partial charge in [0.1, 0.15) is 0 Å². The SMILES string of the molecule is CNCc1ccc(-c2ccc(Cc3nnc(C)o3)cc2)cc1. The van der Waals surface area contributed by atoms with Gasteiger partial charge in [0.2, 0.25) is 11.8 Å². The lowest BCUT2D eigenvalue weighted by Crippen LogP contribution is -2.04. The molecule has 0 aliphatic rings. The van der Waals surface area contributed by atoms with E-state index in [0.717, 1.165) is 6.54 Å². The second-order valence-electron chi connectivity index (χ2n) is 5.32. The van der Waals surface area contributed by atoms with E-state index in [1.54, 1.807) is 6.92 Å². The molecule has 0 fully saturated rings. The Labute approximate surface area is 130 Å². The Bertz CT molecular complexity index is 730. The van der Waals surface area contributed by atoms with Gasteiger partial charge in [-0.2, -0.15) is 0 Å². The molecule has 1 aromatic heterocycles. The minimum atomic E-state index is 0.605. The minimum Gasteiger partial charge on any atom is -0.425 e. The van der Waals surface area contributed by atoms with E-state index in [1.165, 1.54) is 22.3 Å². The van der Waals surface area contributed by atoms with E-state index in [9.17, 15) is 0 Å². The summed E-state index contributed by atoms with van der Waals surface area (Å²) < 4.78 is 5.41. The van der Waals surface area contributed by atoms with Gasteiger partial charge in [-0.15, -0.1) is 10.2 Å². The van der Waals surface area contributed by atoms with Crippen LogP contribution in [0.1, 0.15) is 22.9 Å². The fraction of sp³-hybridized carbons (Fsp3) is 0.222. The fourth-order valence-corrected chi connectivity index (χ4v) is 2.42. The molecule has 0 bridgehead atoms. The lowest BCUT2D eigenvalue weighted by molar-refractivity contribution is 0.477. The summed E-state index contributed by atoms with van der Waals surface area (Å²) in [5, 5.41) is 11.0. The topological polar surface area (TPSA) is 51.0 Å². The Hall–Kier alpha value is -2.46. The largest absolute Gasteiger partial charge is 0.425 e. The number of hydrogen-bond acceptors (Lipinski definition) is 4. The third kappa shape index (κ3) is 3.40. The lowest BCUT2D eigenvalue weighted by atomic mass is 10.0. The molecular formula is C18H19N3O. The maximum absolute atomic E-state index is 5.41. The van der Waals surface area contributed by atoms with E-state index in [0.29, 0.717) is 18.2 Å². The van der Waals surface area contributed by atoms with E-state index in [4.69, 9.17) is 4.42 Å². The van der Waals surface area contributed by atoms with E-state index in [1.807, 2.05) is 7.05 Å². The predicted octanol–water partition coefficient (Wildman–Crippen LogP) is 3.36. The number of nitrogens with one attached hydrogen (secondary N) is 1. The van der Waals surface area contributed by atoms with Crippen molar-refractivity contribution >= 4 is 0 Å². The monoisotopic (exact) mass is 293 g/mol. The highest BCUT2D eigenvalue weighted by molar-refractivity contribution is 5.64. The molecule has 3 aromatic rings. The molecule has 0 saturated heterocycles. The van der Waals surface area contributed by atoms with Crippen LogP contribution in [0, 0.1) is 6.92 Å². The summed E-state index contributed by atoms with van der Waals surface area (Å²) in [5.41, 5.74) is 4.88. The van der Waals surface area contributed by atoms with Gasteiger partial charge in [0.25, 0.3) is 0 Å². The molecular weight excluding hydrogens is 274 g/mol. The van der Waals surface area contributed by atoms with Crippen LogP contribution in [0.3, 0.4) is 0 Å². The van der Waals surface area contributed by atoms with Crippen molar-refractivity contribution in [1.82, 2.24) is 15.5 Å². The van der Waals surface area contributed by atoms with Crippen LogP contribution in [0.4, 0.5) is 0 Å². The summed E-state index contributed by atoms with van der Waals surface area (Å²) in [5.74, 6) is 1.26. The van der Waals surface area contributed by atoms with E-state index in [2.05, 4.69) is 64.0 Å². The fourth-order valence-electron chi connectivity index (χ4n) is 2.42. The van der Waals surface area contributed by atoms with Crippen LogP contribution in [0.25, 0.3) is 11.1 Å². The molecule has 22 heavy (non-hydrogen) atoms. The zero-order chi connectivity index (χ0) is 15.4. The molecule has 0 radical (unpaired) electrons. The van der Waals surface area contributed by atoms with Gasteiger partial charge >= 0.3 is 0 Å². The maximum atomic E-state index is 5.41. The molecule has 112 valence electrons. The van der Waals surface area contributed by atoms with Gasteiger partial charge in [-0.1, -0.05) is 48.5 Å². The van der Waals surface area contributed by atoms with E-state index < -0.39 is 0 Å². The van der Waals surface area contributed by atoms with Crippen LogP contribution in [-0.4, -0.2) is 17.2 Å². The summed E-state index contributed by atoms with van der Waals surface area (Å²) in [6.45, 7) is 2.69. The Morgan fingerprint density at radius 2 is 1.45 bits per heavy atom. The summed E-state index contributed by atoms with van der Waals surface area (Å²) >= 11 is 0. The number of aromatic nitrogens is 2. The number of benzene rings is 2. The average Bonchev–Trinajstić information content (AvgIpc) is 2.94. The molecule has 3 rings (SSSR count). The van der Waals surface area contributed by atoms with E-state index in [-0.39, 0.29) is 0 Å². The molecule has 0 unspecified atom stereocenters. The minimum absolute atomic E-state index is 0.605. The summed E-state index contributed by atoms with van der Waals surface area (Å²) in [6.07, 6.45) is 0.669. The van der Waals surface area contributed by atoms with Gasteiger partial charge in [-0.25, -0.2) is 0 Å². The van der Waals surface area contributed by atoms with Crippen LogP contribution < -0.4 is 5.32 Å². The third-order valence-corrected chi connectivity index (χ3v) is 3.55. The normalized spacial score (nSPS) is 10.8. The van der Waals surface area contributed by atoms with Gasteiger partial charge in [0.15, 0.2) is 0 Å². The molecule has 0 saturated carbocycles. The maximum Gasteiger partial charge on any atom is 0.220 e. The second-order valence-corrected chi connectivity index (χ2v) is 5.32. The molecule has 0 amide bonds.